The van der Waals surface area contributed by atoms with Gasteiger partial charge in [0.1, 0.15) is 0 Å². The Balaban J connectivity index is 3.43. The van der Waals surface area contributed by atoms with Crippen LogP contribution in [0, 0.1) is 0 Å². The lowest BCUT2D eigenvalue weighted by Crippen LogP contribution is -2.45. The maximum Gasteiger partial charge on any atom is 0.220 e. The van der Waals surface area contributed by atoms with Crippen molar-refractivity contribution in [1.29, 1.82) is 0 Å². The van der Waals surface area contributed by atoms with E-state index in [2.05, 4.69) is 19.2 Å². The molecule has 0 aromatic rings. The van der Waals surface area contributed by atoms with E-state index >= 15 is 0 Å². The van der Waals surface area contributed by atoms with Crippen molar-refractivity contribution in [2.75, 3.05) is 6.61 Å². The summed E-state index contributed by atoms with van der Waals surface area (Å²) in [5.74, 6) is -0.0565. The second-order valence-electron chi connectivity index (χ2n) is 9.83. The van der Waals surface area contributed by atoms with Crippen molar-refractivity contribution in [3.8, 4) is 0 Å². The van der Waals surface area contributed by atoms with E-state index in [4.69, 9.17) is 0 Å². The van der Waals surface area contributed by atoms with Crippen molar-refractivity contribution in [3.63, 3.8) is 0 Å². The molecule has 3 N–H and O–H groups in total. The molecule has 0 aromatic heterocycles. The van der Waals surface area contributed by atoms with Gasteiger partial charge in [0.05, 0.1) is 18.8 Å². The molecule has 32 heavy (non-hydrogen) atoms. The summed E-state index contributed by atoms with van der Waals surface area (Å²) in [6.45, 7) is 4.19. The van der Waals surface area contributed by atoms with E-state index in [9.17, 15) is 15.0 Å². The summed E-state index contributed by atoms with van der Waals surface area (Å²) in [5, 5.41) is 22.6. The topological polar surface area (TPSA) is 69.6 Å². The van der Waals surface area contributed by atoms with E-state index in [-0.39, 0.29) is 12.5 Å². The lowest BCUT2D eigenvalue weighted by molar-refractivity contribution is -0.123. The van der Waals surface area contributed by atoms with Gasteiger partial charge in [-0.25, -0.2) is 0 Å². The molecule has 0 heterocycles. The molecule has 4 heteroatoms. The number of amides is 1. The van der Waals surface area contributed by atoms with Gasteiger partial charge in [-0.3, -0.25) is 4.79 Å². The monoisotopic (exact) mass is 455 g/mol. The van der Waals surface area contributed by atoms with Gasteiger partial charge in [0.25, 0.3) is 0 Å². The van der Waals surface area contributed by atoms with Gasteiger partial charge in [-0.15, -0.1) is 0 Å². The predicted molar refractivity (Wildman–Crippen MR) is 138 cm³/mol. The number of aliphatic hydroxyl groups excluding tert-OH is 2. The minimum atomic E-state index is -0.647. The van der Waals surface area contributed by atoms with E-state index in [1.165, 1.54) is 96.3 Å². The summed E-state index contributed by atoms with van der Waals surface area (Å²) < 4.78 is 0. The fourth-order valence-electron chi connectivity index (χ4n) is 4.36. The zero-order chi connectivity index (χ0) is 23.7. The first-order valence-electron chi connectivity index (χ1n) is 14.2. The zero-order valence-electron chi connectivity index (χ0n) is 21.7. The van der Waals surface area contributed by atoms with Crippen molar-refractivity contribution in [1.82, 2.24) is 5.32 Å². The fraction of sp³-hybridized carbons (Fsp3) is 0.964. The minimum Gasteiger partial charge on any atom is -0.394 e. The molecule has 4 nitrogen and oxygen atoms in total. The maximum absolute atomic E-state index is 11.9. The van der Waals surface area contributed by atoms with E-state index in [1.54, 1.807) is 0 Å². The van der Waals surface area contributed by atoms with Gasteiger partial charge in [-0.05, 0) is 12.8 Å². The highest BCUT2D eigenvalue weighted by Gasteiger charge is 2.19. The Morgan fingerprint density at radius 1 is 0.625 bits per heavy atom. The number of carbonyl (C=O) groups excluding carboxylic acids is 1. The number of unbranched alkanes of at least 4 members (excludes halogenated alkanes) is 18. The van der Waals surface area contributed by atoms with Gasteiger partial charge in [0.15, 0.2) is 0 Å². The molecule has 0 radical (unpaired) electrons. The normalized spacial score (nSPS) is 13.2. The van der Waals surface area contributed by atoms with Crippen molar-refractivity contribution in [3.05, 3.63) is 0 Å². The van der Waals surface area contributed by atoms with E-state index in [1.807, 2.05) is 0 Å². The molecule has 0 rings (SSSR count). The molecule has 0 saturated carbocycles. The third-order valence-corrected chi connectivity index (χ3v) is 6.62. The van der Waals surface area contributed by atoms with E-state index < -0.39 is 12.1 Å². The average molecular weight is 456 g/mol. The summed E-state index contributed by atoms with van der Waals surface area (Å²) >= 11 is 0. The van der Waals surface area contributed by atoms with Crippen LogP contribution in [0.2, 0.25) is 0 Å². The molecule has 0 fully saturated rings. The molecule has 0 aliphatic heterocycles. The van der Waals surface area contributed by atoms with Crippen LogP contribution in [0.4, 0.5) is 0 Å². The van der Waals surface area contributed by atoms with Crippen LogP contribution < -0.4 is 5.32 Å². The number of rotatable bonds is 25. The van der Waals surface area contributed by atoms with Crippen molar-refractivity contribution in [2.24, 2.45) is 0 Å². The lowest BCUT2D eigenvalue weighted by Gasteiger charge is -2.22. The summed E-state index contributed by atoms with van der Waals surface area (Å²) in [6, 6.07) is -0.523. The van der Waals surface area contributed by atoms with E-state index in [0.717, 1.165) is 32.1 Å². The lowest BCUT2D eigenvalue weighted by atomic mass is 10.0. The Hall–Kier alpha value is -0.610. The third kappa shape index (κ3) is 21.2. The molecule has 0 aliphatic rings. The second kappa shape index (κ2) is 25.0. The molecule has 0 aromatic carbocycles. The van der Waals surface area contributed by atoms with Crippen LogP contribution in [-0.2, 0) is 4.79 Å². The molecule has 2 unspecified atom stereocenters. The number of aliphatic hydroxyl groups is 2. The smallest absolute Gasteiger partial charge is 0.220 e. The largest absolute Gasteiger partial charge is 0.394 e. The van der Waals surface area contributed by atoms with Crippen molar-refractivity contribution >= 4 is 5.91 Å². The van der Waals surface area contributed by atoms with Crippen LogP contribution >= 0.6 is 0 Å². The van der Waals surface area contributed by atoms with Crippen LogP contribution in [0.1, 0.15) is 155 Å². The van der Waals surface area contributed by atoms with Gasteiger partial charge in [0.2, 0.25) is 5.91 Å². The molecule has 192 valence electrons. The summed E-state index contributed by atoms with van der Waals surface area (Å²) in [5.41, 5.74) is 0. The van der Waals surface area contributed by atoms with Crippen LogP contribution in [0.15, 0.2) is 0 Å². The van der Waals surface area contributed by atoms with Gasteiger partial charge in [0, 0.05) is 6.42 Å². The number of nitrogens with one attached hydrogen (secondary N) is 1. The SMILES string of the molecule is CCCCCCCCCCCCCCCCCCCC(O)C(CO)NC(=O)CCCCC. The Morgan fingerprint density at radius 3 is 1.41 bits per heavy atom. The van der Waals surface area contributed by atoms with Crippen molar-refractivity contribution < 1.29 is 15.0 Å². The quantitative estimate of drug-likeness (QED) is 0.125. The van der Waals surface area contributed by atoms with Gasteiger partial charge in [-0.2, -0.15) is 0 Å². The van der Waals surface area contributed by atoms with Crippen molar-refractivity contribution in [2.45, 2.75) is 167 Å². The molecule has 1 amide bonds. The summed E-state index contributed by atoms with van der Waals surface area (Å²) in [7, 11) is 0. The molecule has 0 saturated heterocycles. The first-order chi connectivity index (χ1) is 15.7. The molecule has 0 bridgehead atoms. The van der Waals surface area contributed by atoms with Crippen LogP contribution in [0.3, 0.4) is 0 Å². The standard InChI is InChI=1S/C28H57NO3/c1-3-5-7-8-9-10-11-12-13-14-15-16-17-18-19-20-22-23-27(31)26(25-30)29-28(32)24-21-6-4-2/h26-27,30-31H,3-25H2,1-2H3,(H,29,32). The van der Waals surface area contributed by atoms with Gasteiger partial charge in [-0.1, -0.05) is 136 Å². The average Bonchev–Trinajstić information content (AvgIpc) is 2.79. The molecular formula is C28H57NO3. The second-order valence-corrected chi connectivity index (χ2v) is 9.83. The molecule has 0 aliphatic carbocycles. The predicted octanol–water partition coefficient (Wildman–Crippen LogP) is 7.45. The Morgan fingerprint density at radius 2 is 1.00 bits per heavy atom. The number of hydrogen-bond donors (Lipinski definition) is 3. The first-order valence-corrected chi connectivity index (χ1v) is 14.2. The molecule has 0 spiro atoms. The summed E-state index contributed by atoms with van der Waals surface area (Å²) in [4.78, 5) is 11.9. The Labute approximate surface area is 200 Å². The van der Waals surface area contributed by atoms with E-state index in [0.29, 0.717) is 12.8 Å². The fourth-order valence-corrected chi connectivity index (χ4v) is 4.36. The highest BCUT2D eigenvalue weighted by Crippen LogP contribution is 2.15. The highest BCUT2D eigenvalue weighted by atomic mass is 16.3. The third-order valence-electron chi connectivity index (χ3n) is 6.62. The summed E-state index contributed by atoms with van der Waals surface area (Å²) in [6.07, 6.45) is 26.3. The number of hydrogen-bond acceptors (Lipinski definition) is 3. The molecule has 2 atom stereocenters. The van der Waals surface area contributed by atoms with Crippen LogP contribution in [-0.4, -0.2) is 34.9 Å². The molecular weight excluding hydrogens is 398 g/mol. The number of carbonyl (C=O) groups is 1. The van der Waals surface area contributed by atoms with Crippen LogP contribution in [0.25, 0.3) is 0 Å². The first kappa shape index (κ1) is 31.4. The van der Waals surface area contributed by atoms with Gasteiger partial charge < -0.3 is 15.5 Å². The maximum atomic E-state index is 11.9. The zero-order valence-corrected chi connectivity index (χ0v) is 21.7. The minimum absolute atomic E-state index is 0.0565. The Kier molecular flexibility index (Phi) is 24.5. The Bertz CT molecular complexity index is 389. The van der Waals surface area contributed by atoms with Crippen LogP contribution in [0.5, 0.6) is 0 Å². The highest BCUT2D eigenvalue weighted by molar-refractivity contribution is 5.76. The van der Waals surface area contributed by atoms with Gasteiger partial charge >= 0.3 is 0 Å².